The Labute approximate surface area is 195 Å². The number of halogens is 3. The Morgan fingerprint density at radius 1 is 1.25 bits per heavy atom. The molecule has 1 unspecified atom stereocenters. The number of thioether (sulfide) groups is 1. The van der Waals surface area contributed by atoms with E-state index in [9.17, 15) is 9.18 Å². The van der Waals surface area contributed by atoms with E-state index in [1.54, 1.807) is 19.1 Å². The SMILES string of the molecule is CC(SCC[C@@H]1OCC[C@@]2(Cc3ccc(Cl)cc3)c3c(F)ccc(F)c3OC[C@@H]12)C(=O)O. The van der Waals surface area contributed by atoms with Gasteiger partial charge >= 0.3 is 5.97 Å². The summed E-state index contributed by atoms with van der Waals surface area (Å²) >= 11 is 7.40. The van der Waals surface area contributed by atoms with Crippen LogP contribution in [0.4, 0.5) is 8.78 Å². The number of carboxylic acid groups (broad SMARTS) is 1. The van der Waals surface area contributed by atoms with Crippen LogP contribution in [0.25, 0.3) is 0 Å². The molecule has 1 fully saturated rings. The molecule has 0 aliphatic carbocycles. The quantitative estimate of drug-likeness (QED) is 0.565. The number of hydrogen-bond donors (Lipinski definition) is 1. The van der Waals surface area contributed by atoms with E-state index < -0.39 is 28.3 Å². The van der Waals surface area contributed by atoms with Gasteiger partial charge in [0.2, 0.25) is 0 Å². The maximum absolute atomic E-state index is 15.2. The van der Waals surface area contributed by atoms with Crippen molar-refractivity contribution >= 4 is 29.3 Å². The van der Waals surface area contributed by atoms with Crippen molar-refractivity contribution in [3.63, 3.8) is 0 Å². The van der Waals surface area contributed by atoms with Gasteiger partial charge in [-0.05, 0) is 61.8 Å². The van der Waals surface area contributed by atoms with Crippen molar-refractivity contribution in [2.24, 2.45) is 5.92 Å². The third-order valence-electron chi connectivity index (χ3n) is 6.55. The smallest absolute Gasteiger partial charge is 0.316 e. The van der Waals surface area contributed by atoms with E-state index in [-0.39, 0.29) is 29.9 Å². The van der Waals surface area contributed by atoms with E-state index in [1.165, 1.54) is 17.8 Å². The molecule has 1 N–H and O–H groups in total. The van der Waals surface area contributed by atoms with E-state index in [4.69, 9.17) is 26.2 Å². The standard InChI is InChI=1S/C24H25ClF2O4S/c1-14(23(28)29)32-11-8-20-17-13-31-22-19(27)7-6-18(26)21(22)24(17,9-10-30-20)12-15-2-4-16(25)5-3-15/h2-7,14,17,20H,8-13H2,1H3,(H,28,29)/t14?,17-,20-,24-/m0/s1. The summed E-state index contributed by atoms with van der Waals surface area (Å²) in [6, 6.07) is 9.69. The third kappa shape index (κ3) is 4.47. The van der Waals surface area contributed by atoms with Gasteiger partial charge in [0, 0.05) is 28.5 Å². The Morgan fingerprint density at radius 3 is 2.69 bits per heavy atom. The summed E-state index contributed by atoms with van der Waals surface area (Å²) in [6.07, 6.45) is 1.39. The maximum Gasteiger partial charge on any atom is 0.316 e. The van der Waals surface area contributed by atoms with Gasteiger partial charge in [-0.2, -0.15) is 0 Å². The van der Waals surface area contributed by atoms with Crippen molar-refractivity contribution in [3.05, 3.63) is 64.2 Å². The Bertz CT molecular complexity index is 987. The highest BCUT2D eigenvalue weighted by molar-refractivity contribution is 8.00. The van der Waals surface area contributed by atoms with Gasteiger partial charge in [-0.1, -0.05) is 23.7 Å². The number of hydrogen-bond acceptors (Lipinski definition) is 4. The van der Waals surface area contributed by atoms with E-state index in [2.05, 4.69) is 0 Å². The largest absolute Gasteiger partial charge is 0.490 e. The van der Waals surface area contributed by atoms with Crippen molar-refractivity contribution in [2.45, 2.75) is 43.0 Å². The first kappa shape index (κ1) is 23.3. The van der Waals surface area contributed by atoms with Crippen LogP contribution in [0.1, 0.15) is 30.9 Å². The summed E-state index contributed by atoms with van der Waals surface area (Å²) < 4.78 is 41.7. The topological polar surface area (TPSA) is 55.8 Å². The predicted octanol–water partition coefficient (Wildman–Crippen LogP) is 5.49. The fraction of sp³-hybridized carbons (Fsp3) is 0.458. The summed E-state index contributed by atoms with van der Waals surface area (Å²) in [5.41, 5.74) is 0.563. The average Bonchev–Trinajstić information content (AvgIpc) is 2.77. The molecule has 0 spiro atoms. The molecule has 172 valence electrons. The molecule has 0 saturated carbocycles. The molecule has 2 aliphatic rings. The number of benzene rings is 2. The second-order valence-corrected chi connectivity index (χ2v) is 10.3. The minimum Gasteiger partial charge on any atom is -0.490 e. The first-order chi connectivity index (χ1) is 15.3. The Morgan fingerprint density at radius 2 is 1.97 bits per heavy atom. The fourth-order valence-corrected chi connectivity index (χ4v) is 5.92. The second-order valence-electron chi connectivity index (χ2n) is 8.41. The van der Waals surface area contributed by atoms with Gasteiger partial charge in [-0.3, -0.25) is 4.79 Å². The lowest BCUT2D eigenvalue weighted by Gasteiger charge is -2.51. The molecule has 2 aliphatic heterocycles. The van der Waals surface area contributed by atoms with E-state index in [1.807, 2.05) is 12.1 Å². The highest BCUT2D eigenvalue weighted by Crippen LogP contribution is 2.52. The van der Waals surface area contributed by atoms with Crippen LogP contribution in [-0.2, 0) is 21.4 Å². The number of aliphatic carboxylic acids is 1. The van der Waals surface area contributed by atoms with Crippen LogP contribution in [0.2, 0.25) is 5.02 Å². The lowest BCUT2D eigenvalue weighted by atomic mass is 9.60. The van der Waals surface area contributed by atoms with Crippen molar-refractivity contribution in [3.8, 4) is 5.75 Å². The highest BCUT2D eigenvalue weighted by atomic mass is 35.5. The zero-order valence-corrected chi connectivity index (χ0v) is 19.2. The average molecular weight is 483 g/mol. The molecule has 2 aromatic carbocycles. The first-order valence-electron chi connectivity index (χ1n) is 10.6. The molecule has 2 aromatic rings. The molecular formula is C24H25ClF2O4S. The number of ether oxygens (including phenoxy) is 2. The van der Waals surface area contributed by atoms with Crippen LogP contribution in [-0.4, -0.2) is 41.4 Å². The molecule has 2 heterocycles. The summed E-state index contributed by atoms with van der Waals surface area (Å²) in [7, 11) is 0. The summed E-state index contributed by atoms with van der Waals surface area (Å²) in [5, 5.41) is 9.23. The van der Waals surface area contributed by atoms with Gasteiger partial charge in [0.25, 0.3) is 0 Å². The van der Waals surface area contributed by atoms with Gasteiger partial charge in [0.1, 0.15) is 5.82 Å². The maximum atomic E-state index is 15.2. The Balaban J connectivity index is 1.69. The lowest BCUT2D eigenvalue weighted by Crippen LogP contribution is -2.55. The second kappa shape index (κ2) is 9.57. The molecule has 0 amide bonds. The molecule has 32 heavy (non-hydrogen) atoms. The minimum absolute atomic E-state index is 0.00950. The van der Waals surface area contributed by atoms with Crippen LogP contribution < -0.4 is 4.74 Å². The number of rotatable bonds is 7. The fourth-order valence-electron chi connectivity index (χ4n) is 4.93. The Hall–Kier alpha value is -1.83. The number of fused-ring (bicyclic) bond motifs is 3. The van der Waals surface area contributed by atoms with Gasteiger partial charge in [0.15, 0.2) is 11.6 Å². The van der Waals surface area contributed by atoms with E-state index in [0.717, 1.165) is 11.6 Å². The molecule has 1 saturated heterocycles. The molecule has 0 radical (unpaired) electrons. The molecular weight excluding hydrogens is 458 g/mol. The van der Waals surface area contributed by atoms with Crippen LogP contribution in [0.5, 0.6) is 5.75 Å². The molecule has 4 rings (SSSR count). The molecule has 0 aromatic heterocycles. The zero-order valence-electron chi connectivity index (χ0n) is 17.7. The van der Waals surface area contributed by atoms with Crippen molar-refractivity contribution in [2.75, 3.05) is 19.0 Å². The summed E-state index contributed by atoms with van der Waals surface area (Å²) in [6.45, 7) is 2.27. The number of carbonyl (C=O) groups is 1. The van der Waals surface area contributed by atoms with Crippen LogP contribution in [0.15, 0.2) is 36.4 Å². The van der Waals surface area contributed by atoms with E-state index >= 15 is 4.39 Å². The molecule has 8 heteroatoms. The highest BCUT2D eigenvalue weighted by Gasteiger charge is 2.53. The minimum atomic E-state index is -0.857. The van der Waals surface area contributed by atoms with Gasteiger partial charge in [-0.25, -0.2) is 8.78 Å². The van der Waals surface area contributed by atoms with E-state index in [0.29, 0.717) is 36.6 Å². The van der Waals surface area contributed by atoms with Crippen LogP contribution in [0.3, 0.4) is 0 Å². The number of carboxylic acids is 1. The third-order valence-corrected chi connectivity index (χ3v) is 7.98. The van der Waals surface area contributed by atoms with Crippen LogP contribution >= 0.6 is 23.4 Å². The molecule has 4 nitrogen and oxygen atoms in total. The molecule has 0 bridgehead atoms. The van der Waals surface area contributed by atoms with Crippen molar-refractivity contribution in [1.82, 2.24) is 0 Å². The van der Waals surface area contributed by atoms with Gasteiger partial charge in [-0.15, -0.1) is 11.8 Å². The summed E-state index contributed by atoms with van der Waals surface area (Å²) in [4.78, 5) is 11.1. The van der Waals surface area contributed by atoms with Crippen LogP contribution in [0, 0.1) is 17.6 Å². The Kier molecular flexibility index (Phi) is 6.98. The van der Waals surface area contributed by atoms with Crippen molar-refractivity contribution < 1.29 is 28.2 Å². The lowest BCUT2D eigenvalue weighted by molar-refractivity contribution is -0.136. The van der Waals surface area contributed by atoms with Gasteiger partial charge in [0.05, 0.1) is 18.0 Å². The monoisotopic (exact) mass is 482 g/mol. The first-order valence-corrected chi connectivity index (χ1v) is 12.1. The van der Waals surface area contributed by atoms with Crippen molar-refractivity contribution in [1.29, 1.82) is 0 Å². The predicted molar refractivity (Wildman–Crippen MR) is 121 cm³/mol. The zero-order chi connectivity index (χ0) is 22.9. The molecule has 4 atom stereocenters. The van der Waals surface area contributed by atoms with Gasteiger partial charge < -0.3 is 14.6 Å². The normalized spacial score (nSPS) is 25.4. The summed E-state index contributed by atoms with van der Waals surface area (Å²) in [5.74, 6) is -1.52.